The van der Waals surface area contributed by atoms with Gasteiger partial charge in [0.15, 0.2) is 0 Å². The second kappa shape index (κ2) is 7.47. The number of rotatable bonds is 6. The smallest absolute Gasteiger partial charge is 0.0804 e. The normalized spacial score (nSPS) is 12.6. The number of aromatic nitrogens is 2. The summed E-state index contributed by atoms with van der Waals surface area (Å²) >= 11 is 11.1. The number of nitrogens with zero attached hydrogens (tertiary/aromatic N) is 2. The molecule has 0 radical (unpaired) electrons. The predicted octanol–water partition coefficient (Wildman–Crippen LogP) is 3.65. The fraction of sp³-hybridized carbons (Fsp3) is 0.385. The van der Waals surface area contributed by atoms with Gasteiger partial charge in [0.25, 0.3) is 0 Å². The van der Waals surface area contributed by atoms with Crippen molar-refractivity contribution in [2.45, 2.75) is 32.2 Å². The van der Waals surface area contributed by atoms with Gasteiger partial charge in [-0.25, -0.2) is 0 Å². The van der Waals surface area contributed by atoms with Crippen molar-refractivity contribution in [3.63, 3.8) is 0 Å². The molecule has 0 saturated carbocycles. The average molecular weight is 376 g/mol. The molecule has 3 N–H and O–H groups in total. The molecule has 0 bridgehead atoms. The summed E-state index contributed by atoms with van der Waals surface area (Å²) < 4.78 is 5.01. The van der Waals surface area contributed by atoms with Crippen molar-refractivity contribution in [3.05, 3.63) is 43.8 Å². The summed E-state index contributed by atoms with van der Waals surface area (Å²) in [6.07, 6.45) is 2.66. The van der Waals surface area contributed by atoms with Crippen LogP contribution in [0.2, 0.25) is 5.02 Å². The molecule has 4 nitrogen and oxygen atoms in total. The molecule has 108 valence electrons. The predicted molar refractivity (Wildman–Crippen MR) is 86.8 cm³/mol. The zero-order valence-corrected chi connectivity index (χ0v) is 14.2. The summed E-state index contributed by atoms with van der Waals surface area (Å²) in [7, 11) is 0. The molecule has 0 aliphatic rings. The van der Waals surface area contributed by atoms with Gasteiger partial charge in [-0.05, 0) is 42.1 Å². The Morgan fingerprint density at radius 1 is 1.50 bits per heavy atom. The largest absolute Gasteiger partial charge is 0.271 e. The molecule has 1 aromatic heterocycles. The van der Waals surface area contributed by atoms with Crippen LogP contribution in [0.25, 0.3) is 0 Å². The Kier molecular flexibility index (Phi) is 5.92. The topological polar surface area (TPSA) is 63.8 Å². The van der Waals surface area contributed by atoms with Gasteiger partial charge < -0.3 is 0 Å². The van der Waals surface area contributed by atoms with Gasteiger partial charge in [-0.15, -0.1) is 5.10 Å². The third-order valence-corrected chi connectivity index (χ3v) is 4.75. The lowest BCUT2D eigenvalue weighted by molar-refractivity contribution is 0.554. The standard InChI is InChI=1S/C13H16BrClN4S/c1-2-3-11-13(20-19-18-11)12(17-16)6-8-4-5-9(14)7-10(8)15/h4-5,7,12,17H,2-3,6,16H2,1H3. The molecular weight excluding hydrogens is 360 g/mol. The molecule has 2 rings (SSSR count). The van der Waals surface area contributed by atoms with E-state index in [1.54, 1.807) is 0 Å². The number of nitrogens with two attached hydrogens (primary N) is 1. The first-order valence-corrected chi connectivity index (χ1v) is 8.31. The maximum Gasteiger partial charge on any atom is 0.0804 e. The van der Waals surface area contributed by atoms with Gasteiger partial charge in [-0.1, -0.05) is 51.4 Å². The fourth-order valence-corrected chi connectivity index (χ4v) is 3.53. The van der Waals surface area contributed by atoms with E-state index in [0.29, 0.717) is 6.42 Å². The van der Waals surface area contributed by atoms with Crippen LogP contribution in [0.3, 0.4) is 0 Å². The minimum absolute atomic E-state index is 0.0183. The van der Waals surface area contributed by atoms with Crippen LogP contribution in [0.15, 0.2) is 22.7 Å². The van der Waals surface area contributed by atoms with Gasteiger partial charge in [0.1, 0.15) is 0 Å². The molecule has 0 aliphatic heterocycles. The second-order valence-electron chi connectivity index (χ2n) is 4.49. The molecule has 0 amide bonds. The van der Waals surface area contributed by atoms with E-state index in [9.17, 15) is 0 Å². The van der Waals surface area contributed by atoms with Gasteiger partial charge >= 0.3 is 0 Å². The van der Waals surface area contributed by atoms with E-state index >= 15 is 0 Å². The van der Waals surface area contributed by atoms with E-state index in [2.05, 4.69) is 37.9 Å². The Balaban J connectivity index is 2.22. The summed E-state index contributed by atoms with van der Waals surface area (Å²) in [5, 5.41) is 4.92. The highest BCUT2D eigenvalue weighted by molar-refractivity contribution is 9.10. The van der Waals surface area contributed by atoms with Gasteiger partial charge in [-0.3, -0.25) is 11.3 Å². The zero-order chi connectivity index (χ0) is 14.5. The third-order valence-electron chi connectivity index (χ3n) is 3.03. The molecule has 0 saturated heterocycles. The maximum absolute atomic E-state index is 6.27. The molecule has 7 heteroatoms. The van der Waals surface area contributed by atoms with Crippen LogP contribution in [0.1, 0.15) is 35.5 Å². The highest BCUT2D eigenvalue weighted by Gasteiger charge is 2.19. The quantitative estimate of drug-likeness (QED) is 0.597. The Morgan fingerprint density at radius 2 is 2.30 bits per heavy atom. The average Bonchev–Trinajstić information content (AvgIpc) is 2.87. The lowest BCUT2D eigenvalue weighted by atomic mass is 10.0. The number of aryl methyl sites for hydroxylation is 1. The van der Waals surface area contributed by atoms with Crippen LogP contribution in [0.4, 0.5) is 0 Å². The monoisotopic (exact) mass is 374 g/mol. The number of nitrogens with one attached hydrogen (secondary N) is 1. The minimum atomic E-state index is -0.0183. The first-order valence-electron chi connectivity index (χ1n) is 6.36. The van der Waals surface area contributed by atoms with Crippen LogP contribution in [0.5, 0.6) is 0 Å². The highest BCUT2D eigenvalue weighted by atomic mass is 79.9. The van der Waals surface area contributed by atoms with Gasteiger partial charge in [0.2, 0.25) is 0 Å². The Labute approximate surface area is 136 Å². The SMILES string of the molecule is CCCc1nnsc1C(Cc1ccc(Br)cc1Cl)NN. The first-order chi connectivity index (χ1) is 9.65. The van der Waals surface area contributed by atoms with Crippen molar-refractivity contribution in [2.75, 3.05) is 0 Å². The first kappa shape index (κ1) is 15.9. The Morgan fingerprint density at radius 3 is 2.95 bits per heavy atom. The van der Waals surface area contributed by atoms with E-state index in [1.165, 1.54) is 11.5 Å². The summed E-state index contributed by atoms with van der Waals surface area (Å²) in [5.41, 5.74) is 4.93. The van der Waals surface area contributed by atoms with Crippen molar-refractivity contribution >= 4 is 39.1 Å². The lowest BCUT2D eigenvalue weighted by Gasteiger charge is -2.16. The van der Waals surface area contributed by atoms with Gasteiger partial charge in [0.05, 0.1) is 16.6 Å². The van der Waals surface area contributed by atoms with Crippen molar-refractivity contribution in [3.8, 4) is 0 Å². The van der Waals surface area contributed by atoms with Crippen LogP contribution < -0.4 is 11.3 Å². The second-order valence-corrected chi connectivity index (χ2v) is 6.60. The molecule has 0 aliphatic carbocycles. The van der Waals surface area contributed by atoms with Crippen LogP contribution >= 0.6 is 39.1 Å². The number of hydrazine groups is 1. The number of halogens is 2. The van der Waals surface area contributed by atoms with Gasteiger partial charge in [0, 0.05) is 9.50 Å². The van der Waals surface area contributed by atoms with E-state index < -0.39 is 0 Å². The van der Waals surface area contributed by atoms with E-state index in [1.807, 2.05) is 18.2 Å². The number of hydrogen-bond donors (Lipinski definition) is 2. The molecule has 1 aromatic carbocycles. The highest BCUT2D eigenvalue weighted by Crippen LogP contribution is 2.28. The summed E-state index contributed by atoms with van der Waals surface area (Å²) in [4.78, 5) is 1.09. The molecule has 20 heavy (non-hydrogen) atoms. The third kappa shape index (κ3) is 3.77. The zero-order valence-electron chi connectivity index (χ0n) is 11.1. The van der Waals surface area contributed by atoms with Crippen LogP contribution in [0, 0.1) is 0 Å². The number of hydrogen-bond acceptors (Lipinski definition) is 5. The molecule has 1 unspecified atom stereocenters. The van der Waals surface area contributed by atoms with Crippen molar-refractivity contribution < 1.29 is 0 Å². The molecular formula is C13H16BrClN4S. The Hall–Kier alpha value is -0.530. The van der Waals surface area contributed by atoms with Crippen molar-refractivity contribution in [1.82, 2.24) is 15.0 Å². The summed E-state index contributed by atoms with van der Waals surface area (Å²) in [5.74, 6) is 5.71. The van der Waals surface area contributed by atoms with E-state index in [4.69, 9.17) is 17.4 Å². The molecule has 1 atom stereocenters. The molecule has 0 spiro atoms. The van der Waals surface area contributed by atoms with E-state index in [0.717, 1.165) is 38.5 Å². The van der Waals surface area contributed by atoms with E-state index in [-0.39, 0.29) is 6.04 Å². The fourth-order valence-electron chi connectivity index (χ4n) is 2.02. The Bertz CT molecular complexity index is 575. The van der Waals surface area contributed by atoms with Crippen molar-refractivity contribution in [2.24, 2.45) is 5.84 Å². The van der Waals surface area contributed by atoms with Crippen molar-refractivity contribution in [1.29, 1.82) is 0 Å². The van der Waals surface area contributed by atoms with Gasteiger partial charge in [-0.2, -0.15) is 0 Å². The maximum atomic E-state index is 6.27. The lowest BCUT2D eigenvalue weighted by Crippen LogP contribution is -2.29. The molecule has 2 aromatic rings. The molecule has 1 heterocycles. The summed E-state index contributed by atoms with van der Waals surface area (Å²) in [6, 6.07) is 5.86. The molecule has 0 fully saturated rings. The number of benzene rings is 1. The summed E-state index contributed by atoms with van der Waals surface area (Å²) in [6.45, 7) is 2.12. The minimum Gasteiger partial charge on any atom is -0.271 e. The van der Waals surface area contributed by atoms with Crippen LogP contribution in [-0.4, -0.2) is 9.59 Å². The van der Waals surface area contributed by atoms with Crippen LogP contribution in [-0.2, 0) is 12.8 Å².